The van der Waals surface area contributed by atoms with Gasteiger partial charge in [-0.1, -0.05) is 117 Å². The molecule has 0 saturated carbocycles. The Morgan fingerprint density at radius 1 is 0.525 bits per heavy atom. The van der Waals surface area contributed by atoms with Crippen molar-refractivity contribution in [1.29, 1.82) is 0 Å². The molecule has 0 spiro atoms. The molecule has 224 valence electrons. The van der Waals surface area contributed by atoms with Crippen molar-refractivity contribution in [3.8, 4) is 0 Å². The third-order valence-corrected chi connectivity index (χ3v) is 5.31. The van der Waals surface area contributed by atoms with Crippen LogP contribution in [0.25, 0.3) is 0 Å². The van der Waals surface area contributed by atoms with Gasteiger partial charge < -0.3 is 55.6 Å². The van der Waals surface area contributed by atoms with E-state index in [-0.39, 0.29) is 58.4 Å². The fourth-order valence-electron chi connectivity index (χ4n) is 3.03. The number of aliphatic carboxylic acids is 3. The smallest absolute Gasteiger partial charge is 0.550 e. The molecular formula is C30H56O7Zn3. The fraction of sp³-hybridized carbons (Fsp3) is 0.800. The van der Waals surface area contributed by atoms with Crippen molar-refractivity contribution in [2.45, 2.75) is 155 Å². The van der Waals surface area contributed by atoms with Gasteiger partial charge in [0.1, 0.15) is 5.60 Å². The number of carbonyl (C=O) groups excluding carboxylic acids is 3. The van der Waals surface area contributed by atoms with Gasteiger partial charge in [0, 0.05) is 24.8 Å². The number of hydrogen-bond donors (Lipinski definition) is 1. The van der Waals surface area contributed by atoms with E-state index in [4.69, 9.17) is 5.11 Å². The van der Waals surface area contributed by atoms with Crippen LogP contribution in [0.2, 0.25) is 0 Å². The number of carboxylic acid groups (broad SMARTS) is 3. The molecule has 0 aliphatic carbocycles. The van der Waals surface area contributed by atoms with E-state index in [9.17, 15) is 29.7 Å². The number of aliphatic hydroxyl groups is 1. The van der Waals surface area contributed by atoms with Crippen LogP contribution in [0.3, 0.4) is 0 Å². The Labute approximate surface area is 285 Å². The summed E-state index contributed by atoms with van der Waals surface area (Å²) >= 11 is 0. The number of rotatable bonds is 20. The second-order valence-electron chi connectivity index (χ2n) is 9.22. The quantitative estimate of drug-likeness (QED) is 0.112. The average molecular weight is 725 g/mol. The standard InChI is InChI=1S/3C8H17.C6H8O7.3Zn/c3*1-3-5-7-8-6-4-2;7-3(8)1-6(13,5(11)12)2-4(9)10;;;/h3*1,3-8H2,2H3;13H,1-2H2,(H,7,8)(H,9,10)(H,11,12);;;/q3*-1;;3*+2/p-3. The summed E-state index contributed by atoms with van der Waals surface area (Å²) in [5.74, 6) is -5.98. The first-order valence-electron chi connectivity index (χ1n) is 14.2. The van der Waals surface area contributed by atoms with Gasteiger partial charge in [-0.05, 0) is 0 Å². The first-order valence-corrected chi connectivity index (χ1v) is 14.2. The molecule has 0 aromatic heterocycles. The van der Waals surface area contributed by atoms with Gasteiger partial charge >= 0.3 is 58.4 Å². The minimum atomic E-state index is -2.97. The first-order chi connectivity index (χ1) is 17.5. The molecule has 10 heteroatoms. The van der Waals surface area contributed by atoms with Crippen molar-refractivity contribution in [2.24, 2.45) is 0 Å². The average Bonchev–Trinajstić information content (AvgIpc) is 2.83. The molecule has 7 nitrogen and oxygen atoms in total. The van der Waals surface area contributed by atoms with Crippen molar-refractivity contribution >= 4 is 17.9 Å². The molecule has 0 aromatic rings. The summed E-state index contributed by atoms with van der Waals surface area (Å²) in [5.41, 5.74) is -2.97. The summed E-state index contributed by atoms with van der Waals surface area (Å²) in [4.78, 5) is 30.0. The van der Waals surface area contributed by atoms with E-state index in [2.05, 4.69) is 41.5 Å². The second-order valence-corrected chi connectivity index (χ2v) is 9.22. The number of hydrogen-bond acceptors (Lipinski definition) is 7. The number of unbranched alkanes of at least 4 members (excludes halogenated alkanes) is 15. The van der Waals surface area contributed by atoms with Crippen LogP contribution in [0.15, 0.2) is 0 Å². The molecule has 40 heavy (non-hydrogen) atoms. The molecule has 0 unspecified atom stereocenters. The van der Waals surface area contributed by atoms with Gasteiger partial charge in [-0.2, -0.15) is 19.3 Å². The van der Waals surface area contributed by atoms with E-state index >= 15 is 0 Å². The molecule has 0 aromatic carbocycles. The van der Waals surface area contributed by atoms with Crippen molar-refractivity contribution < 1.29 is 93.2 Å². The van der Waals surface area contributed by atoms with Gasteiger partial charge in [0.05, 0.1) is 5.97 Å². The third kappa shape index (κ3) is 54.3. The van der Waals surface area contributed by atoms with Crippen LogP contribution in [0, 0.1) is 20.8 Å². The number of carbonyl (C=O) groups is 3. The normalized spacial score (nSPS) is 9.38. The van der Waals surface area contributed by atoms with Crippen molar-refractivity contribution in [2.75, 3.05) is 0 Å². The first kappa shape index (κ1) is 56.1. The van der Waals surface area contributed by atoms with Gasteiger partial charge in [0.15, 0.2) is 0 Å². The van der Waals surface area contributed by atoms with Gasteiger partial charge in [0.2, 0.25) is 0 Å². The topological polar surface area (TPSA) is 141 Å². The van der Waals surface area contributed by atoms with Gasteiger partial charge in [-0.15, -0.1) is 0 Å². The molecule has 0 aliphatic rings. The Morgan fingerprint density at radius 3 is 0.900 bits per heavy atom. The molecule has 0 radical (unpaired) electrons. The molecule has 0 atom stereocenters. The summed E-state index contributed by atoms with van der Waals surface area (Å²) < 4.78 is 0. The molecule has 0 aliphatic heterocycles. The summed E-state index contributed by atoms with van der Waals surface area (Å²) in [5, 5.41) is 38.9. The zero-order chi connectivity index (χ0) is 29.4. The molecule has 0 saturated heterocycles. The Hall–Kier alpha value is 0.240. The van der Waals surface area contributed by atoms with Crippen LogP contribution in [0.4, 0.5) is 0 Å². The second kappa shape index (κ2) is 46.2. The van der Waals surface area contributed by atoms with E-state index < -0.39 is 36.4 Å². The molecule has 0 fully saturated rings. The Kier molecular flexibility index (Phi) is 64.8. The molecule has 1 N–H and O–H groups in total. The van der Waals surface area contributed by atoms with Crippen molar-refractivity contribution in [3.05, 3.63) is 20.8 Å². The van der Waals surface area contributed by atoms with Gasteiger partial charge in [-0.25, -0.2) is 0 Å². The predicted octanol–water partition coefficient (Wildman–Crippen LogP) is 4.28. The summed E-state index contributed by atoms with van der Waals surface area (Å²) in [7, 11) is 0. The zero-order valence-electron chi connectivity index (χ0n) is 26.3. The van der Waals surface area contributed by atoms with E-state index in [1.54, 1.807) is 0 Å². The van der Waals surface area contributed by atoms with Crippen LogP contribution < -0.4 is 15.3 Å². The van der Waals surface area contributed by atoms with E-state index in [0.717, 1.165) is 19.3 Å². The summed E-state index contributed by atoms with van der Waals surface area (Å²) in [6.45, 7) is 18.1. The predicted molar refractivity (Wildman–Crippen MR) is 145 cm³/mol. The Morgan fingerprint density at radius 2 is 0.750 bits per heavy atom. The third-order valence-electron chi connectivity index (χ3n) is 5.31. The maximum Gasteiger partial charge on any atom is 2.00 e. The van der Waals surface area contributed by atoms with Crippen LogP contribution in [-0.4, -0.2) is 28.6 Å². The molecule has 0 amide bonds. The van der Waals surface area contributed by atoms with E-state index in [0.29, 0.717) is 0 Å². The Bertz CT molecular complexity index is 445. The molecule has 0 rings (SSSR count). The number of carboxylic acids is 3. The zero-order valence-corrected chi connectivity index (χ0v) is 35.2. The monoisotopic (exact) mass is 720 g/mol. The molecule has 0 heterocycles. The minimum Gasteiger partial charge on any atom is -0.550 e. The summed E-state index contributed by atoms with van der Waals surface area (Å²) in [6.07, 6.45) is 21.2. The summed E-state index contributed by atoms with van der Waals surface area (Å²) in [6, 6.07) is 0. The van der Waals surface area contributed by atoms with Gasteiger partial charge in [-0.3, -0.25) is 0 Å². The van der Waals surface area contributed by atoms with Crippen molar-refractivity contribution in [1.82, 2.24) is 0 Å². The SMILES string of the molecule is O=C([O-])CC(O)(CC(=O)[O-])C(=O)[O-].[CH2-]CCCCCCC.[CH2-]CCCCCCC.[CH2-]CCCCCCC.[Zn+2].[Zn+2].[Zn+2]. The van der Waals surface area contributed by atoms with Crippen molar-refractivity contribution in [3.63, 3.8) is 0 Å². The Balaban J connectivity index is -0.0000000726. The maximum absolute atomic E-state index is 10.1. The maximum atomic E-state index is 10.1. The van der Waals surface area contributed by atoms with E-state index in [1.807, 2.05) is 0 Å². The van der Waals surface area contributed by atoms with Crippen LogP contribution >= 0.6 is 0 Å². The van der Waals surface area contributed by atoms with Crippen LogP contribution in [0.5, 0.6) is 0 Å². The largest absolute Gasteiger partial charge is 2.00 e. The van der Waals surface area contributed by atoms with Gasteiger partial charge in [0.25, 0.3) is 0 Å². The van der Waals surface area contributed by atoms with E-state index in [1.165, 1.54) is 96.3 Å². The molecular weight excluding hydrogens is 668 g/mol. The molecule has 0 bridgehead atoms. The fourth-order valence-corrected chi connectivity index (χ4v) is 3.03. The van der Waals surface area contributed by atoms with Crippen LogP contribution in [0.1, 0.15) is 149 Å². The van der Waals surface area contributed by atoms with Crippen LogP contribution in [-0.2, 0) is 72.8 Å². The minimum absolute atomic E-state index is 0.